The lowest BCUT2D eigenvalue weighted by Gasteiger charge is -2.39. The van der Waals surface area contributed by atoms with Gasteiger partial charge in [-0.15, -0.1) is 0 Å². The highest BCUT2D eigenvalue weighted by Gasteiger charge is 2.27. The maximum absolute atomic E-state index is 12.8. The van der Waals surface area contributed by atoms with E-state index >= 15 is 0 Å². The van der Waals surface area contributed by atoms with E-state index in [0.29, 0.717) is 38.4 Å². The summed E-state index contributed by atoms with van der Waals surface area (Å²) in [5.41, 5.74) is 0.687. The van der Waals surface area contributed by atoms with Crippen LogP contribution in [0.15, 0.2) is 47.1 Å². The molecule has 186 valence electrons. The van der Waals surface area contributed by atoms with Crippen molar-refractivity contribution in [2.75, 3.05) is 72.7 Å². The van der Waals surface area contributed by atoms with Gasteiger partial charge in [0.05, 0.1) is 38.8 Å². The summed E-state index contributed by atoms with van der Waals surface area (Å²) in [5, 5.41) is 10.3. The monoisotopic (exact) mass is 473 g/mol. The fourth-order valence-corrected chi connectivity index (χ4v) is 4.44. The topological polar surface area (TPSA) is 87.9 Å². The maximum Gasteiger partial charge on any atom is 0.253 e. The first-order valence-electron chi connectivity index (χ1n) is 11.9. The van der Waals surface area contributed by atoms with Gasteiger partial charge in [-0.1, -0.05) is 0 Å². The molecule has 1 aromatic heterocycles. The Hall–Kier alpha value is -2.43. The van der Waals surface area contributed by atoms with E-state index in [4.69, 9.17) is 18.6 Å². The predicted octanol–water partition coefficient (Wildman–Crippen LogP) is 1.32. The van der Waals surface area contributed by atoms with Gasteiger partial charge in [0.25, 0.3) is 5.91 Å². The first-order chi connectivity index (χ1) is 16.6. The molecule has 4 rings (SSSR count). The molecule has 0 aliphatic carbocycles. The van der Waals surface area contributed by atoms with Crippen LogP contribution < -0.4 is 4.74 Å². The van der Waals surface area contributed by atoms with Gasteiger partial charge in [0.2, 0.25) is 0 Å². The largest absolute Gasteiger partial charge is 0.497 e. The lowest BCUT2D eigenvalue weighted by molar-refractivity contribution is -0.0649. The molecule has 2 atom stereocenters. The number of carbonyl (C=O) groups excluding carboxylic acids is 1. The maximum atomic E-state index is 12.8. The number of methoxy groups -OCH3 is 1. The highest BCUT2D eigenvalue weighted by Crippen LogP contribution is 2.15. The van der Waals surface area contributed by atoms with Crippen LogP contribution >= 0.6 is 0 Å². The number of carbonyl (C=O) groups is 1. The number of benzene rings is 1. The van der Waals surface area contributed by atoms with Crippen LogP contribution in [0.5, 0.6) is 5.75 Å². The zero-order valence-electron chi connectivity index (χ0n) is 19.8. The smallest absolute Gasteiger partial charge is 0.253 e. The highest BCUT2D eigenvalue weighted by molar-refractivity contribution is 5.94. The minimum Gasteiger partial charge on any atom is -0.497 e. The zero-order chi connectivity index (χ0) is 23.8. The van der Waals surface area contributed by atoms with Crippen molar-refractivity contribution in [3.63, 3.8) is 0 Å². The summed E-state index contributed by atoms with van der Waals surface area (Å²) in [5.74, 6) is 1.56. The summed E-state index contributed by atoms with van der Waals surface area (Å²) < 4.78 is 21.9. The molecule has 2 aliphatic rings. The third kappa shape index (κ3) is 7.04. The van der Waals surface area contributed by atoms with Crippen LogP contribution in [0.2, 0.25) is 0 Å². The summed E-state index contributed by atoms with van der Waals surface area (Å²) in [7, 11) is 1.62. The minimum atomic E-state index is -0.554. The number of β-amino-alcohol motifs (C(OH)–C–C–N with tert-alkyl or cyclic N) is 1. The molecule has 0 saturated carbocycles. The summed E-state index contributed by atoms with van der Waals surface area (Å²) in [6, 6.07) is 10.9. The third-order valence-electron chi connectivity index (χ3n) is 6.28. The third-order valence-corrected chi connectivity index (χ3v) is 6.28. The van der Waals surface area contributed by atoms with Crippen LogP contribution in [0.3, 0.4) is 0 Å². The lowest BCUT2D eigenvalue weighted by atomic mass is 10.1. The van der Waals surface area contributed by atoms with Gasteiger partial charge in [0, 0.05) is 57.9 Å². The molecule has 2 unspecified atom stereocenters. The van der Waals surface area contributed by atoms with Gasteiger partial charge in [0.15, 0.2) is 0 Å². The van der Waals surface area contributed by atoms with Crippen LogP contribution in [0.25, 0.3) is 0 Å². The van der Waals surface area contributed by atoms with E-state index in [1.165, 1.54) is 0 Å². The van der Waals surface area contributed by atoms with Crippen molar-refractivity contribution < 1.29 is 28.5 Å². The molecule has 2 aliphatic heterocycles. The van der Waals surface area contributed by atoms with Crippen LogP contribution in [0.4, 0.5) is 0 Å². The molecule has 1 aromatic carbocycles. The Labute approximate surface area is 200 Å². The van der Waals surface area contributed by atoms with Crippen molar-refractivity contribution in [2.45, 2.75) is 18.8 Å². The van der Waals surface area contributed by atoms with Crippen molar-refractivity contribution in [3.8, 4) is 5.75 Å². The second-order valence-corrected chi connectivity index (χ2v) is 8.82. The number of morpholine rings is 1. The SMILES string of the molecule is COc1ccc(C(=O)N2CCN(CC3CN(CC(O)COCc4ccco4)CCO3)CC2)cc1. The van der Waals surface area contributed by atoms with Gasteiger partial charge in [-0.05, 0) is 36.4 Å². The van der Waals surface area contributed by atoms with Crippen LogP contribution in [-0.4, -0.2) is 111 Å². The molecule has 1 amide bonds. The van der Waals surface area contributed by atoms with E-state index in [-0.39, 0.29) is 18.6 Å². The molecule has 3 heterocycles. The molecule has 9 heteroatoms. The van der Waals surface area contributed by atoms with Crippen molar-refractivity contribution in [1.29, 1.82) is 0 Å². The second kappa shape index (κ2) is 12.3. The van der Waals surface area contributed by atoms with Gasteiger partial charge in [-0.2, -0.15) is 0 Å². The average Bonchev–Trinajstić information content (AvgIpc) is 3.38. The van der Waals surface area contributed by atoms with Gasteiger partial charge in [-0.25, -0.2) is 0 Å². The van der Waals surface area contributed by atoms with Crippen molar-refractivity contribution in [2.24, 2.45) is 0 Å². The Morgan fingerprint density at radius 3 is 2.62 bits per heavy atom. The Balaban J connectivity index is 1.15. The van der Waals surface area contributed by atoms with Crippen LogP contribution in [0, 0.1) is 0 Å². The first-order valence-corrected chi connectivity index (χ1v) is 11.9. The Kier molecular flexibility index (Phi) is 8.95. The summed E-state index contributed by atoms with van der Waals surface area (Å²) in [6.45, 7) is 7.30. The number of hydrogen-bond acceptors (Lipinski definition) is 8. The molecule has 0 radical (unpaired) electrons. The van der Waals surface area contributed by atoms with Gasteiger partial charge in [-0.3, -0.25) is 14.6 Å². The highest BCUT2D eigenvalue weighted by atomic mass is 16.5. The molecule has 1 N–H and O–H groups in total. The number of rotatable bonds is 10. The van der Waals surface area contributed by atoms with E-state index in [1.807, 2.05) is 41.3 Å². The van der Waals surface area contributed by atoms with E-state index in [1.54, 1.807) is 13.4 Å². The van der Waals surface area contributed by atoms with E-state index in [2.05, 4.69) is 9.80 Å². The van der Waals surface area contributed by atoms with Crippen LogP contribution in [-0.2, 0) is 16.1 Å². The van der Waals surface area contributed by atoms with E-state index in [0.717, 1.165) is 44.2 Å². The van der Waals surface area contributed by atoms with Crippen molar-refractivity contribution >= 4 is 5.91 Å². The molecular weight excluding hydrogens is 438 g/mol. The zero-order valence-corrected chi connectivity index (χ0v) is 19.8. The first kappa shape index (κ1) is 24.7. The average molecular weight is 474 g/mol. The molecule has 0 bridgehead atoms. The fourth-order valence-electron chi connectivity index (χ4n) is 4.44. The van der Waals surface area contributed by atoms with E-state index in [9.17, 15) is 9.90 Å². The fraction of sp³-hybridized carbons (Fsp3) is 0.560. The summed E-state index contributed by atoms with van der Waals surface area (Å²) >= 11 is 0. The number of aliphatic hydroxyl groups excluding tert-OH is 1. The minimum absolute atomic E-state index is 0.0608. The summed E-state index contributed by atoms with van der Waals surface area (Å²) in [6.07, 6.45) is 1.15. The number of piperazine rings is 1. The molecule has 34 heavy (non-hydrogen) atoms. The second-order valence-electron chi connectivity index (χ2n) is 8.82. The normalized spacial score (nSPS) is 20.9. The molecule has 2 aromatic rings. The van der Waals surface area contributed by atoms with Crippen LogP contribution in [0.1, 0.15) is 16.1 Å². The Morgan fingerprint density at radius 2 is 1.91 bits per heavy atom. The predicted molar refractivity (Wildman–Crippen MR) is 126 cm³/mol. The molecule has 9 nitrogen and oxygen atoms in total. The Morgan fingerprint density at radius 1 is 1.12 bits per heavy atom. The lowest BCUT2D eigenvalue weighted by Crippen LogP contribution is -2.54. The number of ether oxygens (including phenoxy) is 3. The molecule has 2 fully saturated rings. The number of aliphatic hydroxyl groups is 1. The molecule has 0 spiro atoms. The molecular formula is C25H35N3O6. The van der Waals surface area contributed by atoms with Gasteiger partial charge >= 0.3 is 0 Å². The van der Waals surface area contributed by atoms with E-state index < -0.39 is 6.10 Å². The molecule has 2 saturated heterocycles. The van der Waals surface area contributed by atoms with Crippen molar-refractivity contribution in [1.82, 2.24) is 14.7 Å². The quantitative estimate of drug-likeness (QED) is 0.553. The number of hydrogen-bond donors (Lipinski definition) is 1. The Bertz CT molecular complexity index is 867. The van der Waals surface area contributed by atoms with Crippen molar-refractivity contribution in [3.05, 3.63) is 54.0 Å². The standard InChI is InChI=1S/C25H35N3O6/c1-31-22-6-4-20(5-7-22)25(30)28-10-8-26(9-11-28)16-24-17-27(12-14-34-24)15-21(29)18-32-19-23-3-2-13-33-23/h2-7,13,21,24,29H,8-12,14-19H2,1H3. The number of furan rings is 1. The number of amides is 1. The van der Waals surface area contributed by atoms with Gasteiger partial charge in [0.1, 0.15) is 18.1 Å². The van der Waals surface area contributed by atoms with Gasteiger partial charge < -0.3 is 28.6 Å². The number of nitrogens with zero attached hydrogens (tertiary/aromatic N) is 3. The summed E-state index contributed by atoms with van der Waals surface area (Å²) in [4.78, 5) is 19.3.